The summed E-state index contributed by atoms with van der Waals surface area (Å²) < 4.78 is 11.8. The highest BCUT2D eigenvalue weighted by Crippen LogP contribution is 2.32. The number of rotatable bonds is 9. The fourth-order valence-corrected chi connectivity index (χ4v) is 4.51. The summed E-state index contributed by atoms with van der Waals surface area (Å²) in [4.78, 5) is 22.5. The Balaban J connectivity index is 2.03. The first kappa shape index (κ1) is 23.0. The summed E-state index contributed by atoms with van der Waals surface area (Å²) in [6.45, 7) is 11.6. The lowest BCUT2D eigenvalue weighted by Gasteiger charge is -2.25. The largest absolute Gasteiger partial charge is 0.497 e. The quantitative estimate of drug-likeness (QED) is 0.472. The van der Waals surface area contributed by atoms with Crippen LogP contribution in [0.2, 0.25) is 0 Å². The maximum Gasteiger partial charge on any atom is 0.260 e. The second-order valence-electron chi connectivity index (χ2n) is 7.49. The van der Waals surface area contributed by atoms with Crippen LogP contribution >= 0.6 is 11.3 Å². The number of ether oxygens (including phenoxy) is 2. The molecule has 1 heterocycles. The van der Waals surface area contributed by atoms with Gasteiger partial charge < -0.3 is 14.4 Å². The van der Waals surface area contributed by atoms with E-state index in [0.29, 0.717) is 28.7 Å². The number of carbonyl (C=O) groups excluding carboxylic acids is 1. The number of nitrogens with zero attached hydrogens (tertiary/aromatic N) is 3. The van der Waals surface area contributed by atoms with Crippen LogP contribution in [0.1, 0.15) is 35.3 Å². The summed E-state index contributed by atoms with van der Waals surface area (Å²) in [6, 6.07) is 9.49. The van der Waals surface area contributed by atoms with Crippen LogP contribution < -0.4 is 14.4 Å². The molecule has 0 aliphatic heterocycles. The van der Waals surface area contributed by atoms with Gasteiger partial charge in [-0.15, -0.1) is 0 Å². The number of hydrogen-bond donors (Lipinski definition) is 0. The van der Waals surface area contributed by atoms with Crippen molar-refractivity contribution in [2.24, 2.45) is 0 Å². The molecule has 31 heavy (non-hydrogen) atoms. The number of likely N-dealkylation sites (N-methyl/N-ethyl adjacent to an activating group) is 1. The first-order chi connectivity index (χ1) is 14.9. The van der Waals surface area contributed by atoms with Crippen LogP contribution in [0, 0.1) is 13.8 Å². The van der Waals surface area contributed by atoms with Gasteiger partial charge in [-0.1, -0.05) is 25.2 Å². The molecule has 1 amide bonds. The van der Waals surface area contributed by atoms with Crippen molar-refractivity contribution < 1.29 is 14.3 Å². The number of hydrogen-bond acceptors (Lipinski definition) is 6. The highest BCUT2D eigenvalue weighted by molar-refractivity contribution is 7.22. The monoisotopic (exact) mass is 441 g/mol. The van der Waals surface area contributed by atoms with Crippen molar-refractivity contribution in [3.05, 3.63) is 47.0 Å². The average Bonchev–Trinajstić information content (AvgIpc) is 3.18. The van der Waals surface area contributed by atoms with Crippen molar-refractivity contribution in [1.29, 1.82) is 0 Å². The number of aromatic nitrogens is 1. The van der Waals surface area contributed by atoms with Gasteiger partial charge in [-0.05, 0) is 62.3 Å². The fraction of sp³-hybridized carbons (Fsp3) is 0.417. The van der Waals surface area contributed by atoms with E-state index >= 15 is 0 Å². The van der Waals surface area contributed by atoms with Crippen molar-refractivity contribution in [3.63, 3.8) is 0 Å². The smallest absolute Gasteiger partial charge is 0.260 e. The zero-order chi connectivity index (χ0) is 22.5. The van der Waals surface area contributed by atoms with Gasteiger partial charge in [0, 0.05) is 24.7 Å². The molecule has 0 saturated carbocycles. The Kier molecular flexibility index (Phi) is 7.51. The van der Waals surface area contributed by atoms with Crippen LogP contribution in [0.25, 0.3) is 10.2 Å². The van der Waals surface area contributed by atoms with Crippen molar-refractivity contribution in [2.45, 2.75) is 27.7 Å². The Hall–Kier alpha value is -2.64. The fourth-order valence-electron chi connectivity index (χ4n) is 3.44. The third-order valence-corrected chi connectivity index (χ3v) is 6.64. The molecule has 0 aliphatic carbocycles. The van der Waals surface area contributed by atoms with E-state index in [-0.39, 0.29) is 5.91 Å². The van der Waals surface area contributed by atoms with Crippen molar-refractivity contribution in [2.75, 3.05) is 45.3 Å². The molecule has 0 bridgehead atoms. The van der Waals surface area contributed by atoms with Crippen molar-refractivity contribution in [1.82, 2.24) is 9.88 Å². The van der Waals surface area contributed by atoms with Crippen LogP contribution in [0.3, 0.4) is 0 Å². The Labute approximate surface area is 188 Å². The summed E-state index contributed by atoms with van der Waals surface area (Å²) in [5.41, 5.74) is 3.86. The van der Waals surface area contributed by atoms with Gasteiger partial charge >= 0.3 is 0 Å². The number of thiazole rings is 1. The normalized spacial score (nSPS) is 11.2. The van der Waals surface area contributed by atoms with Gasteiger partial charge in [-0.2, -0.15) is 0 Å². The minimum atomic E-state index is -0.114. The van der Waals surface area contributed by atoms with E-state index in [9.17, 15) is 4.79 Å². The van der Waals surface area contributed by atoms with Gasteiger partial charge in [0.15, 0.2) is 5.13 Å². The van der Waals surface area contributed by atoms with Crippen LogP contribution in [0.5, 0.6) is 11.5 Å². The second-order valence-corrected chi connectivity index (χ2v) is 8.49. The second kappa shape index (κ2) is 10.1. The van der Waals surface area contributed by atoms with Gasteiger partial charge in [0.2, 0.25) is 0 Å². The van der Waals surface area contributed by atoms with Gasteiger partial charge in [-0.25, -0.2) is 4.98 Å². The zero-order valence-corrected chi connectivity index (χ0v) is 20.0. The maximum atomic E-state index is 13.6. The van der Waals surface area contributed by atoms with E-state index in [1.807, 2.05) is 0 Å². The molecule has 0 saturated heterocycles. The first-order valence-corrected chi connectivity index (χ1v) is 11.4. The van der Waals surface area contributed by atoms with Crippen molar-refractivity contribution >= 4 is 32.6 Å². The minimum absolute atomic E-state index is 0.114. The van der Waals surface area contributed by atoms with E-state index in [1.165, 1.54) is 11.1 Å². The third-order valence-electron chi connectivity index (χ3n) is 5.60. The van der Waals surface area contributed by atoms with Crippen molar-refractivity contribution in [3.8, 4) is 11.5 Å². The Morgan fingerprint density at radius 1 is 0.935 bits per heavy atom. The lowest BCUT2D eigenvalue weighted by molar-refractivity contribution is 0.0983. The Bertz CT molecular complexity index is 998. The van der Waals surface area contributed by atoms with E-state index in [1.54, 1.807) is 48.7 Å². The number of anilines is 1. The van der Waals surface area contributed by atoms with Gasteiger partial charge in [0.25, 0.3) is 5.91 Å². The molecule has 2 aromatic carbocycles. The Morgan fingerprint density at radius 2 is 1.55 bits per heavy atom. The predicted molar refractivity (Wildman–Crippen MR) is 128 cm³/mol. The maximum absolute atomic E-state index is 13.6. The molecule has 166 valence electrons. The molecule has 0 N–H and O–H groups in total. The number of methoxy groups -OCH3 is 2. The Morgan fingerprint density at radius 3 is 2.13 bits per heavy atom. The molecule has 3 aromatic rings. The zero-order valence-electron chi connectivity index (χ0n) is 19.2. The van der Waals surface area contributed by atoms with Crippen LogP contribution in [0.4, 0.5) is 5.13 Å². The topological polar surface area (TPSA) is 54.9 Å². The van der Waals surface area contributed by atoms with Gasteiger partial charge in [0.05, 0.1) is 24.4 Å². The molecule has 0 radical (unpaired) electrons. The molecular formula is C24H31N3O3S. The van der Waals surface area contributed by atoms with Crippen LogP contribution in [-0.2, 0) is 0 Å². The first-order valence-electron chi connectivity index (χ1n) is 10.5. The van der Waals surface area contributed by atoms with Gasteiger partial charge in [0.1, 0.15) is 11.5 Å². The molecule has 0 fully saturated rings. The van der Waals surface area contributed by atoms with Crippen LogP contribution in [-0.4, -0.2) is 56.2 Å². The average molecular weight is 442 g/mol. The van der Waals surface area contributed by atoms with E-state index in [2.05, 4.69) is 44.7 Å². The summed E-state index contributed by atoms with van der Waals surface area (Å²) in [6.07, 6.45) is 0. The predicted octanol–water partition coefficient (Wildman–Crippen LogP) is 4.92. The number of fused-ring (bicyclic) bond motifs is 1. The molecule has 0 unspecified atom stereocenters. The molecule has 7 heteroatoms. The number of carbonyl (C=O) groups is 1. The lowest BCUT2D eigenvalue weighted by Crippen LogP contribution is -2.38. The SMILES string of the molecule is CCN(CC)CCN(C(=O)c1cc(OC)cc(OC)c1)c1nc2cc(C)c(C)cc2s1. The summed E-state index contributed by atoms with van der Waals surface area (Å²) in [5, 5.41) is 0.707. The molecule has 0 aliphatic rings. The van der Waals surface area contributed by atoms with Gasteiger partial charge in [-0.3, -0.25) is 9.69 Å². The molecule has 6 nitrogen and oxygen atoms in total. The number of aryl methyl sites for hydroxylation is 2. The third kappa shape index (κ3) is 5.17. The molecule has 1 aromatic heterocycles. The summed E-state index contributed by atoms with van der Waals surface area (Å²) in [5.74, 6) is 1.06. The molecule has 3 rings (SSSR count). The van der Waals surface area contributed by atoms with Crippen LogP contribution in [0.15, 0.2) is 30.3 Å². The summed E-state index contributed by atoms with van der Waals surface area (Å²) >= 11 is 1.55. The molecule has 0 spiro atoms. The molecule has 0 atom stereocenters. The highest BCUT2D eigenvalue weighted by Gasteiger charge is 2.23. The summed E-state index contributed by atoms with van der Waals surface area (Å²) in [7, 11) is 3.17. The molecular weight excluding hydrogens is 410 g/mol. The standard InChI is InChI=1S/C24H31N3O3S/c1-7-26(8-2)9-10-27(23(28)18-13-19(29-5)15-20(14-18)30-6)24-25-21-11-16(3)17(4)12-22(21)31-24/h11-15H,7-10H2,1-6H3. The van der Waals surface area contributed by atoms with E-state index < -0.39 is 0 Å². The minimum Gasteiger partial charge on any atom is -0.497 e. The number of amides is 1. The van der Waals surface area contributed by atoms with E-state index in [0.717, 1.165) is 29.9 Å². The van der Waals surface area contributed by atoms with E-state index in [4.69, 9.17) is 14.5 Å². The number of benzene rings is 2. The lowest BCUT2D eigenvalue weighted by atomic mass is 10.1. The highest BCUT2D eigenvalue weighted by atomic mass is 32.1.